The first-order valence-electron chi connectivity index (χ1n) is 7.73. The first-order valence-corrected chi connectivity index (χ1v) is 8.90. The predicted octanol–water partition coefficient (Wildman–Crippen LogP) is 4.32. The van der Waals surface area contributed by atoms with E-state index in [2.05, 4.69) is 38.3 Å². The Kier molecular flexibility index (Phi) is 9.76. The second-order valence-electron chi connectivity index (χ2n) is 5.85. The molecule has 3 nitrogen and oxygen atoms in total. The van der Waals surface area contributed by atoms with Crippen LogP contribution in [0.25, 0.3) is 0 Å². The van der Waals surface area contributed by atoms with Crippen molar-refractivity contribution in [3.63, 3.8) is 0 Å². The molecule has 2 heterocycles. The molecule has 0 saturated carbocycles. The summed E-state index contributed by atoms with van der Waals surface area (Å²) in [4.78, 5) is 2.63. The van der Waals surface area contributed by atoms with Crippen molar-refractivity contribution in [3.8, 4) is 0 Å². The fraction of sp³-hybridized carbons (Fsp3) is 0.625. The lowest BCUT2D eigenvalue weighted by atomic mass is 9.85. The van der Waals surface area contributed by atoms with Gasteiger partial charge in [-0.2, -0.15) is 0 Å². The third kappa shape index (κ3) is 5.46. The quantitative estimate of drug-likeness (QED) is 0.749. The van der Waals surface area contributed by atoms with Gasteiger partial charge < -0.3 is 10.1 Å². The highest BCUT2D eigenvalue weighted by Gasteiger charge is 2.31. The average Bonchev–Trinajstić information content (AvgIpc) is 2.53. The summed E-state index contributed by atoms with van der Waals surface area (Å²) in [6, 6.07) is 6.87. The molecule has 2 saturated heterocycles. The molecule has 2 aliphatic heterocycles. The summed E-state index contributed by atoms with van der Waals surface area (Å²) in [5.41, 5.74) is 1.38. The maximum Gasteiger partial charge on any atom is 0.0548 e. The van der Waals surface area contributed by atoms with E-state index >= 15 is 0 Å². The Hall–Kier alpha value is 0.450. The number of benzene rings is 1. The third-order valence-corrected chi connectivity index (χ3v) is 5.76. The normalized spacial score (nSPS) is 21.1. The van der Waals surface area contributed by atoms with Crippen molar-refractivity contribution < 1.29 is 4.74 Å². The summed E-state index contributed by atoms with van der Waals surface area (Å²) >= 11 is 9.74. The Balaban J connectivity index is 0.00000132. The summed E-state index contributed by atoms with van der Waals surface area (Å²) < 4.78 is 6.55. The summed E-state index contributed by atoms with van der Waals surface area (Å²) in [5, 5.41) is 4.23. The van der Waals surface area contributed by atoms with Crippen molar-refractivity contribution in [3.05, 3.63) is 33.3 Å². The molecule has 2 aliphatic rings. The van der Waals surface area contributed by atoms with Gasteiger partial charge in [0.2, 0.25) is 0 Å². The highest BCUT2D eigenvalue weighted by Crippen LogP contribution is 2.37. The predicted molar refractivity (Wildman–Crippen MR) is 104 cm³/mol. The molecule has 132 valence electrons. The number of nitrogens with zero attached hydrogens (tertiary/aromatic N) is 1. The summed E-state index contributed by atoms with van der Waals surface area (Å²) in [6.07, 6.45) is 2.30. The van der Waals surface area contributed by atoms with Crippen LogP contribution >= 0.6 is 52.3 Å². The van der Waals surface area contributed by atoms with Gasteiger partial charge in [0.1, 0.15) is 0 Å². The molecule has 0 bridgehead atoms. The lowest BCUT2D eigenvalue weighted by Crippen LogP contribution is -2.47. The van der Waals surface area contributed by atoms with Crippen molar-refractivity contribution in [1.29, 1.82) is 0 Å². The number of nitrogens with one attached hydrogen (secondary N) is 1. The van der Waals surface area contributed by atoms with Gasteiger partial charge in [-0.05, 0) is 52.4 Å². The van der Waals surface area contributed by atoms with Crippen LogP contribution in [-0.4, -0.2) is 44.3 Å². The van der Waals surface area contributed by atoms with Crippen LogP contribution in [-0.2, 0) is 4.74 Å². The molecular weight excluding hydrogens is 422 g/mol. The lowest BCUT2D eigenvalue weighted by molar-refractivity contribution is 0.0213. The van der Waals surface area contributed by atoms with Gasteiger partial charge in [-0.3, -0.25) is 4.90 Å². The van der Waals surface area contributed by atoms with Crippen LogP contribution in [0.2, 0.25) is 5.02 Å². The van der Waals surface area contributed by atoms with E-state index in [1.807, 2.05) is 6.07 Å². The smallest absolute Gasteiger partial charge is 0.0548 e. The Morgan fingerprint density at radius 3 is 2.43 bits per heavy atom. The zero-order valence-electron chi connectivity index (χ0n) is 13.0. The molecule has 0 amide bonds. The molecule has 1 aromatic rings. The van der Waals surface area contributed by atoms with Crippen LogP contribution in [0.3, 0.4) is 0 Å². The van der Waals surface area contributed by atoms with E-state index in [9.17, 15) is 0 Å². The molecule has 1 N–H and O–H groups in total. The molecule has 0 aromatic heterocycles. The topological polar surface area (TPSA) is 24.5 Å². The average molecular weight is 447 g/mol. The third-order valence-electron chi connectivity index (χ3n) is 4.54. The van der Waals surface area contributed by atoms with Crippen LogP contribution < -0.4 is 5.32 Å². The van der Waals surface area contributed by atoms with Gasteiger partial charge in [0.15, 0.2) is 0 Å². The zero-order chi connectivity index (χ0) is 14.7. The Bertz CT molecular complexity index is 462. The van der Waals surface area contributed by atoms with Crippen molar-refractivity contribution in [2.24, 2.45) is 5.92 Å². The minimum absolute atomic E-state index is 0. The van der Waals surface area contributed by atoms with E-state index in [-0.39, 0.29) is 24.8 Å². The minimum Gasteiger partial charge on any atom is -0.381 e. The van der Waals surface area contributed by atoms with Crippen molar-refractivity contribution in [1.82, 2.24) is 10.2 Å². The first kappa shape index (κ1) is 21.5. The van der Waals surface area contributed by atoms with Crippen LogP contribution in [0.4, 0.5) is 0 Å². The second kappa shape index (κ2) is 10.4. The van der Waals surface area contributed by atoms with Gasteiger partial charge in [-0.1, -0.05) is 17.7 Å². The van der Waals surface area contributed by atoms with Crippen LogP contribution in [0.1, 0.15) is 24.4 Å². The standard InChI is InChI=1S/C16H22BrClN2O.2ClH/c17-14-11-13(1-2-15(14)18)16(12-3-9-21-10-4-12)20-7-5-19-6-8-20;;/h1-2,11-12,16,19H,3-10H2;2*1H/t16-;;/m1../s1. The van der Waals surface area contributed by atoms with Gasteiger partial charge >= 0.3 is 0 Å². The van der Waals surface area contributed by atoms with Gasteiger partial charge in [0, 0.05) is 49.9 Å². The fourth-order valence-corrected chi connectivity index (χ4v) is 3.98. The van der Waals surface area contributed by atoms with E-state index in [1.165, 1.54) is 5.56 Å². The van der Waals surface area contributed by atoms with Crippen LogP contribution in [0.15, 0.2) is 22.7 Å². The molecule has 1 atom stereocenters. The highest BCUT2D eigenvalue weighted by atomic mass is 79.9. The monoisotopic (exact) mass is 444 g/mol. The SMILES string of the molecule is Cl.Cl.Clc1ccc([C@@H](C2CCOCC2)N2CCNCC2)cc1Br. The number of hydrogen-bond donors (Lipinski definition) is 1. The number of hydrogen-bond acceptors (Lipinski definition) is 3. The largest absolute Gasteiger partial charge is 0.381 e. The number of piperazine rings is 1. The molecule has 0 aliphatic carbocycles. The number of halogens is 4. The second-order valence-corrected chi connectivity index (χ2v) is 7.12. The molecule has 3 rings (SSSR count). The Morgan fingerprint density at radius 2 is 1.83 bits per heavy atom. The van der Waals surface area contributed by atoms with Gasteiger partial charge in [0.05, 0.1) is 5.02 Å². The van der Waals surface area contributed by atoms with E-state index in [4.69, 9.17) is 16.3 Å². The molecule has 0 unspecified atom stereocenters. The number of ether oxygens (including phenoxy) is 1. The molecule has 0 radical (unpaired) electrons. The molecule has 1 aromatic carbocycles. The minimum atomic E-state index is 0. The molecular formula is C16H24BrCl3N2O. The van der Waals surface area contributed by atoms with E-state index < -0.39 is 0 Å². The van der Waals surface area contributed by atoms with Gasteiger partial charge in [0.25, 0.3) is 0 Å². The van der Waals surface area contributed by atoms with Crippen molar-refractivity contribution in [2.45, 2.75) is 18.9 Å². The molecule has 0 spiro atoms. The Morgan fingerprint density at radius 1 is 1.17 bits per heavy atom. The first-order chi connectivity index (χ1) is 10.3. The van der Waals surface area contributed by atoms with Gasteiger partial charge in [-0.15, -0.1) is 24.8 Å². The van der Waals surface area contributed by atoms with E-state index in [0.717, 1.165) is 61.7 Å². The van der Waals surface area contributed by atoms with E-state index in [0.29, 0.717) is 12.0 Å². The van der Waals surface area contributed by atoms with Crippen LogP contribution in [0.5, 0.6) is 0 Å². The molecule has 7 heteroatoms. The summed E-state index contributed by atoms with van der Waals surface area (Å²) in [7, 11) is 0. The van der Waals surface area contributed by atoms with Crippen molar-refractivity contribution >= 4 is 52.3 Å². The summed E-state index contributed by atoms with van der Waals surface area (Å²) in [5.74, 6) is 0.671. The zero-order valence-corrected chi connectivity index (χ0v) is 16.9. The lowest BCUT2D eigenvalue weighted by Gasteiger charge is -2.41. The van der Waals surface area contributed by atoms with Gasteiger partial charge in [-0.25, -0.2) is 0 Å². The van der Waals surface area contributed by atoms with E-state index in [1.54, 1.807) is 0 Å². The van der Waals surface area contributed by atoms with Crippen molar-refractivity contribution in [2.75, 3.05) is 39.4 Å². The fourth-order valence-electron chi connectivity index (χ4n) is 3.47. The highest BCUT2D eigenvalue weighted by molar-refractivity contribution is 9.10. The summed E-state index contributed by atoms with van der Waals surface area (Å²) in [6.45, 7) is 6.16. The number of rotatable bonds is 3. The van der Waals surface area contributed by atoms with Crippen LogP contribution in [0, 0.1) is 5.92 Å². The molecule has 23 heavy (non-hydrogen) atoms. The maximum atomic E-state index is 6.17. The Labute approximate surface area is 164 Å². The molecule has 2 fully saturated rings. The maximum absolute atomic E-state index is 6.17.